The molecule has 1 aliphatic carbocycles. The number of hydrogen-bond acceptors (Lipinski definition) is 3. The number of nitrogens with zero attached hydrogens (tertiary/aromatic N) is 1. The molecule has 0 aliphatic heterocycles. The normalized spacial score (nSPS) is 15.5. The number of rotatable bonds is 8. The van der Waals surface area contributed by atoms with Gasteiger partial charge in [-0.15, -0.1) is 0 Å². The highest BCUT2D eigenvalue weighted by atomic mass is 16.5. The first-order valence-electron chi connectivity index (χ1n) is 12.1. The van der Waals surface area contributed by atoms with Gasteiger partial charge in [0.05, 0.1) is 0 Å². The van der Waals surface area contributed by atoms with Gasteiger partial charge in [-0.05, 0) is 48.4 Å². The van der Waals surface area contributed by atoms with Crippen molar-refractivity contribution in [1.29, 1.82) is 0 Å². The van der Waals surface area contributed by atoms with Crippen LogP contribution in [0.25, 0.3) is 0 Å². The first kappa shape index (κ1) is 24.8. The Morgan fingerprint density at radius 3 is 2.24 bits per heavy atom. The van der Waals surface area contributed by atoms with Gasteiger partial charge < -0.3 is 15.0 Å². The molecule has 1 unspecified atom stereocenters. The molecular formula is C28H38N2O3. The average molecular weight is 451 g/mol. The van der Waals surface area contributed by atoms with Gasteiger partial charge in [0.2, 0.25) is 5.91 Å². The summed E-state index contributed by atoms with van der Waals surface area (Å²) in [6.07, 6.45) is 5.55. The van der Waals surface area contributed by atoms with Crippen molar-refractivity contribution in [2.24, 2.45) is 0 Å². The Kier molecular flexibility index (Phi) is 8.54. The molecular weight excluding hydrogens is 412 g/mol. The second-order valence-corrected chi connectivity index (χ2v) is 10.1. The van der Waals surface area contributed by atoms with Crippen LogP contribution in [0.4, 0.5) is 0 Å². The molecule has 1 fully saturated rings. The van der Waals surface area contributed by atoms with Crippen LogP contribution in [0.1, 0.15) is 70.9 Å². The first-order chi connectivity index (χ1) is 15.7. The van der Waals surface area contributed by atoms with Crippen molar-refractivity contribution in [2.45, 2.75) is 83.8 Å². The molecule has 2 aromatic carbocycles. The molecule has 0 radical (unpaired) electrons. The zero-order chi connectivity index (χ0) is 23.8. The van der Waals surface area contributed by atoms with Gasteiger partial charge in [-0.25, -0.2) is 0 Å². The van der Waals surface area contributed by atoms with Gasteiger partial charge in [-0.2, -0.15) is 0 Å². The third-order valence-corrected chi connectivity index (χ3v) is 6.40. The molecule has 1 N–H and O–H groups in total. The lowest BCUT2D eigenvalue weighted by atomic mass is 9.87. The minimum atomic E-state index is -0.577. The fraction of sp³-hybridized carbons (Fsp3) is 0.500. The lowest BCUT2D eigenvalue weighted by molar-refractivity contribution is -0.142. The van der Waals surface area contributed by atoms with Crippen LogP contribution in [0.2, 0.25) is 0 Å². The van der Waals surface area contributed by atoms with Gasteiger partial charge in [-0.1, -0.05) is 82.5 Å². The predicted octanol–water partition coefficient (Wildman–Crippen LogP) is 5.23. The molecule has 1 atom stereocenters. The summed E-state index contributed by atoms with van der Waals surface area (Å²) < 4.78 is 5.81. The third-order valence-electron chi connectivity index (χ3n) is 6.40. The average Bonchev–Trinajstić information content (AvgIpc) is 2.81. The fourth-order valence-electron chi connectivity index (χ4n) is 4.21. The maximum atomic E-state index is 13.2. The number of ether oxygens (including phenoxy) is 1. The second kappa shape index (κ2) is 11.4. The lowest BCUT2D eigenvalue weighted by Crippen LogP contribution is -2.51. The zero-order valence-electron chi connectivity index (χ0n) is 20.5. The largest absolute Gasteiger partial charge is 0.484 e. The number of carbonyl (C=O) groups is 2. The van der Waals surface area contributed by atoms with E-state index in [1.165, 1.54) is 12.0 Å². The number of carbonyl (C=O) groups excluding carboxylic acids is 2. The molecule has 33 heavy (non-hydrogen) atoms. The summed E-state index contributed by atoms with van der Waals surface area (Å²) in [4.78, 5) is 27.8. The van der Waals surface area contributed by atoms with Crippen LogP contribution < -0.4 is 10.1 Å². The molecule has 1 saturated carbocycles. The van der Waals surface area contributed by atoms with Crippen LogP contribution in [-0.4, -0.2) is 35.4 Å². The highest BCUT2D eigenvalue weighted by Gasteiger charge is 2.28. The van der Waals surface area contributed by atoms with E-state index in [1.54, 1.807) is 11.8 Å². The minimum absolute atomic E-state index is 0.0575. The first-order valence-corrected chi connectivity index (χ1v) is 12.1. The summed E-state index contributed by atoms with van der Waals surface area (Å²) in [6, 6.07) is 17.3. The Morgan fingerprint density at radius 2 is 1.64 bits per heavy atom. The van der Waals surface area contributed by atoms with Gasteiger partial charge in [0.15, 0.2) is 6.61 Å². The van der Waals surface area contributed by atoms with Crippen molar-refractivity contribution < 1.29 is 14.3 Å². The monoisotopic (exact) mass is 450 g/mol. The molecule has 3 rings (SSSR count). The fourth-order valence-corrected chi connectivity index (χ4v) is 4.21. The molecule has 0 heterocycles. The highest BCUT2D eigenvalue weighted by Crippen LogP contribution is 2.24. The van der Waals surface area contributed by atoms with Crippen LogP contribution in [0.5, 0.6) is 5.75 Å². The van der Waals surface area contributed by atoms with E-state index < -0.39 is 6.04 Å². The molecule has 0 spiro atoms. The van der Waals surface area contributed by atoms with Crippen molar-refractivity contribution in [3.8, 4) is 5.75 Å². The smallest absolute Gasteiger partial charge is 0.261 e. The molecule has 0 aromatic heterocycles. The maximum absolute atomic E-state index is 13.2. The lowest BCUT2D eigenvalue weighted by Gasteiger charge is -2.31. The molecule has 0 bridgehead atoms. The van der Waals surface area contributed by atoms with Gasteiger partial charge in [-0.3, -0.25) is 9.59 Å². The number of nitrogens with one attached hydrogen (secondary N) is 1. The quantitative estimate of drug-likeness (QED) is 0.599. The van der Waals surface area contributed by atoms with Gasteiger partial charge in [0.25, 0.3) is 5.91 Å². The van der Waals surface area contributed by atoms with Crippen molar-refractivity contribution >= 4 is 11.8 Å². The van der Waals surface area contributed by atoms with Crippen molar-refractivity contribution in [3.05, 3.63) is 65.7 Å². The number of benzene rings is 2. The van der Waals surface area contributed by atoms with Crippen molar-refractivity contribution in [3.63, 3.8) is 0 Å². The third kappa shape index (κ3) is 7.34. The molecule has 2 amide bonds. The SMILES string of the molecule is CC(C(=O)NC1CCCCC1)N(Cc1ccccc1)C(=O)COc1ccc(C(C)(C)C)cc1. The molecule has 2 aromatic rings. The zero-order valence-corrected chi connectivity index (χ0v) is 20.5. The molecule has 1 aliphatic rings. The van der Waals surface area contributed by atoms with E-state index in [0.717, 1.165) is 31.2 Å². The standard InChI is InChI=1S/C28H38N2O3/c1-21(27(32)29-24-13-9-6-10-14-24)30(19-22-11-7-5-8-12-22)26(31)20-33-25-17-15-23(16-18-25)28(2,3)4/h5,7-8,11-12,15-18,21,24H,6,9-10,13-14,19-20H2,1-4H3,(H,29,32). The van der Waals surface area contributed by atoms with E-state index in [4.69, 9.17) is 4.74 Å². The Balaban J connectivity index is 1.67. The van der Waals surface area contributed by atoms with E-state index in [0.29, 0.717) is 12.3 Å². The summed E-state index contributed by atoms with van der Waals surface area (Å²) >= 11 is 0. The molecule has 5 nitrogen and oxygen atoms in total. The molecule has 178 valence electrons. The van der Waals surface area contributed by atoms with E-state index in [9.17, 15) is 9.59 Å². The Hall–Kier alpha value is -2.82. The van der Waals surface area contributed by atoms with Crippen LogP contribution >= 0.6 is 0 Å². The number of hydrogen-bond donors (Lipinski definition) is 1. The highest BCUT2D eigenvalue weighted by molar-refractivity contribution is 5.88. The minimum Gasteiger partial charge on any atom is -0.484 e. The van der Waals surface area contributed by atoms with Crippen LogP contribution in [0.3, 0.4) is 0 Å². The summed E-state index contributed by atoms with van der Waals surface area (Å²) in [6.45, 7) is 8.54. The van der Waals surface area contributed by atoms with Gasteiger partial charge in [0.1, 0.15) is 11.8 Å². The van der Waals surface area contributed by atoms with Gasteiger partial charge in [0, 0.05) is 12.6 Å². The van der Waals surface area contributed by atoms with E-state index in [1.807, 2.05) is 54.6 Å². The van der Waals surface area contributed by atoms with Crippen molar-refractivity contribution in [1.82, 2.24) is 10.2 Å². The van der Waals surface area contributed by atoms with E-state index >= 15 is 0 Å². The Bertz CT molecular complexity index is 897. The predicted molar refractivity (Wildman–Crippen MR) is 132 cm³/mol. The molecule has 0 saturated heterocycles. The Morgan fingerprint density at radius 1 is 1.00 bits per heavy atom. The van der Waals surface area contributed by atoms with Crippen LogP contribution in [0, 0.1) is 0 Å². The summed E-state index contributed by atoms with van der Waals surface area (Å²) in [5, 5.41) is 3.16. The Labute approximate surface area is 198 Å². The van der Waals surface area contributed by atoms with Crippen LogP contribution in [-0.2, 0) is 21.5 Å². The van der Waals surface area contributed by atoms with Crippen LogP contribution in [0.15, 0.2) is 54.6 Å². The topological polar surface area (TPSA) is 58.6 Å². The van der Waals surface area contributed by atoms with E-state index in [2.05, 4.69) is 26.1 Å². The number of amides is 2. The summed E-state index contributed by atoms with van der Waals surface area (Å²) in [7, 11) is 0. The summed E-state index contributed by atoms with van der Waals surface area (Å²) in [5.74, 6) is 0.348. The van der Waals surface area contributed by atoms with E-state index in [-0.39, 0.29) is 29.9 Å². The second-order valence-electron chi connectivity index (χ2n) is 10.1. The maximum Gasteiger partial charge on any atom is 0.261 e. The summed E-state index contributed by atoms with van der Waals surface area (Å²) in [5.41, 5.74) is 2.25. The molecule has 5 heteroatoms. The van der Waals surface area contributed by atoms with Crippen molar-refractivity contribution in [2.75, 3.05) is 6.61 Å². The van der Waals surface area contributed by atoms with Gasteiger partial charge >= 0.3 is 0 Å².